The summed E-state index contributed by atoms with van der Waals surface area (Å²) in [5.74, 6) is -2.68. The SMILES string of the molecule is O=C(O)Cc1cc(F)c(-c2ccc(O)cc2)cc1F. The highest BCUT2D eigenvalue weighted by molar-refractivity contribution is 5.71. The van der Waals surface area contributed by atoms with Crippen molar-refractivity contribution < 1.29 is 23.8 Å². The largest absolute Gasteiger partial charge is 0.508 e. The van der Waals surface area contributed by atoms with E-state index in [0.717, 1.165) is 12.1 Å². The summed E-state index contributed by atoms with van der Waals surface area (Å²) in [6, 6.07) is 7.45. The van der Waals surface area contributed by atoms with Crippen LogP contribution in [-0.2, 0) is 11.2 Å². The molecular formula is C14H10F2O3. The molecule has 0 fully saturated rings. The molecule has 0 aromatic heterocycles. The maximum Gasteiger partial charge on any atom is 0.307 e. The number of hydrogen-bond donors (Lipinski definition) is 2. The van der Waals surface area contributed by atoms with Crippen LogP contribution in [0.4, 0.5) is 8.78 Å². The summed E-state index contributed by atoms with van der Waals surface area (Å²) in [5.41, 5.74) is 0.218. The van der Waals surface area contributed by atoms with Crippen molar-refractivity contribution in [1.29, 1.82) is 0 Å². The number of aromatic hydroxyl groups is 1. The van der Waals surface area contributed by atoms with E-state index in [4.69, 9.17) is 10.2 Å². The van der Waals surface area contributed by atoms with E-state index in [9.17, 15) is 13.6 Å². The number of aliphatic carboxylic acids is 1. The maximum absolute atomic E-state index is 13.8. The van der Waals surface area contributed by atoms with E-state index in [2.05, 4.69) is 0 Å². The average Bonchev–Trinajstić information content (AvgIpc) is 2.34. The Morgan fingerprint density at radius 1 is 1.05 bits per heavy atom. The summed E-state index contributed by atoms with van der Waals surface area (Å²) in [6.45, 7) is 0. The Kier molecular flexibility index (Phi) is 3.46. The monoisotopic (exact) mass is 264 g/mol. The van der Waals surface area contributed by atoms with Crippen LogP contribution in [0.2, 0.25) is 0 Å². The molecule has 3 nitrogen and oxygen atoms in total. The van der Waals surface area contributed by atoms with Gasteiger partial charge in [0.1, 0.15) is 17.4 Å². The van der Waals surface area contributed by atoms with E-state index in [0.29, 0.717) is 5.56 Å². The summed E-state index contributed by atoms with van der Waals surface area (Å²) >= 11 is 0. The molecule has 0 radical (unpaired) electrons. The van der Waals surface area contributed by atoms with Gasteiger partial charge in [0.25, 0.3) is 0 Å². The fourth-order valence-electron chi connectivity index (χ4n) is 1.75. The van der Waals surface area contributed by atoms with Gasteiger partial charge < -0.3 is 10.2 Å². The summed E-state index contributed by atoms with van der Waals surface area (Å²) in [5, 5.41) is 17.7. The minimum absolute atomic E-state index is 0.0200. The van der Waals surface area contributed by atoms with Crippen LogP contribution >= 0.6 is 0 Å². The number of benzene rings is 2. The molecule has 0 heterocycles. The van der Waals surface area contributed by atoms with E-state index in [1.54, 1.807) is 0 Å². The number of carboxylic acid groups (broad SMARTS) is 1. The van der Waals surface area contributed by atoms with E-state index in [1.807, 2.05) is 0 Å². The fraction of sp³-hybridized carbons (Fsp3) is 0.0714. The van der Waals surface area contributed by atoms with Gasteiger partial charge in [0.05, 0.1) is 6.42 Å². The van der Waals surface area contributed by atoms with Gasteiger partial charge in [-0.3, -0.25) is 4.79 Å². The fourth-order valence-corrected chi connectivity index (χ4v) is 1.75. The molecule has 98 valence electrons. The lowest BCUT2D eigenvalue weighted by atomic mass is 10.0. The van der Waals surface area contributed by atoms with Gasteiger partial charge in [-0.25, -0.2) is 8.78 Å². The number of carbonyl (C=O) groups is 1. The van der Waals surface area contributed by atoms with Crippen molar-refractivity contribution in [2.45, 2.75) is 6.42 Å². The molecule has 5 heteroatoms. The predicted molar refractivity (Wildman–Crippen MR) is 64.8 cm³/mol. The first kappa shape index (κ1) is 13.0. The number of hydrogen-bond acceptors (Lipinski definition) is 2. The highest BCUT2D eigenvalue weighted by Gasteiger charge is 2.13. The second-order valence-electron chi connectivity index (χ2n) is 4.04. The topological polar surface area (TPSA) is 57.5 Å². The molecule has 0 aliphatic carbocycles. The summed E-state index contributed by atoms with van der Waals surface area (Å²) in [7, 11) is 0. The Morgan fingerprint density at radius 2 is 1.68 bits per heavy atom. The number of phenolic OH excluding ortho intramolecular Hbond substituents is 1. The van der Waals surface area contributed by atoms with E-state index < -0.39 is 24.0 Å². The lowest BCUT2D eigenvalue weighted by Crippen LogP contribution is -2.03. The van der Waals surface area contributed by atoms with Crippen molar-refractivity contribution in [1.82, 2.24) is 0 Å². The zero-order valence-corrected chi connectivity index (χ0v) is 9.73. The molecule has 2 rings (SSSR count). The van der Waals surface area contributed by atoms with Gasteiger partial charge in [0, 0.05) is 11.1 Å². The normalized spacial score (nSPS) is 10.4. The maximum atomic E-state index is 13.8. The Morgan fingerprint density at radius 3 is 2.26 bits per heavy atom. The lowest BCUT2D eigenvalue weighted by Gasteiger charge is -2.07. The molecule has 0 saturated carbocycles. The third-order valence-electron chi connectivity index (χ3n) is 2.66. The molecule has 0 spiro atoms. The second kappa shape index (κ2) is 5.06. The molecule has 0 saturated heterocycles. The van der Waals surface area contributed by atoms with Crippen LogP contribution in [0.15, 0.2) is 36.4 Å². The quantitative estimate of drug-likeness (QED) is 0.896. The van der Waals surface area contributed by atoms with E-state index in [1.165, 1.54) is 24.3 Å². The van der Waals surface area contributed by atoms with Crippen LogP contribution in [0.5, 0.6) is 5.75 Å². The first-order valence-electron chi connectivity index (χ1n) is 5.46. The number of phenols is 1. The van der Waals surface area contributed by atoms with Gasteiger partial charge in [0.15, 0.2) is 0 Å². The third-order valence-corrected chi connectivity index (χ3v) is 2.66. The molecule has 0 amide bonds. The van der Waals surface area contributed by atoms with E-state index >= 15 is 0 Å². The molecule has 2 N–H and O–H groups in total. The van der Waals surface area contributed by atoms with Crippen molar-refractivity contribution >= 4 is 5.97 Å². The molecule has 0 unspecified atom stereocenters. The lowest BCUT2D eigenvalue weighted by molar-refractivity contribution is -0.136. The van der Waals surface area contributed by atoms with Crippen LogP contribution in [0.1, 0.15) is 5.56 Å². The summed E-state index contributed by atoms with van der Waals surface area (Å²) in [6.07, 6.45) is -0.571. The Labute approximate surface area is 107 Å². The smallest absolute Gasteiger partial charge is 0.307 e. The molecular weight excluding hydrogens is 254 g/mol. The zero-order valence-electron chi connectivity index (χ0n) is 9.73. The number of rotatable bonds is 3. The molecule has 0 aliphatic rings. The van der Waals surface area contributed by atoms with Crippen molar-refractivity contribution in [3.05, 3.63) is 53.6 Å². The average molecular weight is 264 g/mol. The second-order valence-corrected chi connectivity index (χ2v) is 4.04. The van der Waals surface area contributed by atoms with Gasteiger partial charge >= 0.3 is 5.97 Å². The standard InChI is InChI=1S/C14H10F2O3/c15-12-7-11(8-1-3-10(17)4-2-8)13(16)5-9(12)6-14(18)19/h1-5,7,17H,6H2,(H,18,19). The van der Waals surface area contributed by atoms with Gasteiger partial charge in [-0.15, -0.1) is 0 Å². The van der Waals surface area contributed by atoms with Gasteiger partial charge in [-0.05, 0) is 29.8 Å². The minimum atomic E-state index is -1.23. The highest BCUT2D eigenvalue weighted by Crippen LogP contribution is 2.27. The molecule has 2 aromatic rings. The van der Waals surface area contributed by atoms with Crippen LogP contribution in [0.3, 0.4) is 0 Å². The first-order chi connectivity index (χ1) is 8.97. The minimum Gasteiger partial charge on any atom is -0.508 e. The summed E-state index contributed by atoms with van der Waals surface area (Å²) in [4.78, 5) is 10.5. The van der Waals surface area contributed by atoms with Crippen molar-refractivity contribution in [2.24, 2.45) is 0 Å². The Bertz CT molecular complexity index is 621. The molecule has 0 aliphatic heterocycles. The number of halogens is 2. The summed E-state index contributed by atoms with van der Waals surface area (Å²) < 4.78 is 27.5. The van der Waals surface area contributed by atoms with Crippen molar-refractivity contribution in [3.8, 4) is 16.9 Å². The van der Waals surface area contributed by atoms with Crippen LogP contribution in [0, 0.1) is 11.6 Å². The van der Waals surface area contributed by atoms with Gasteiger partial charge in [-0.1, -0.05) is 12.1 Å². The molecule has 2 aromatic carbocycles. The zero-order chi connectivity index (χ0) is 14.0. The molecule has 19 heavy (non-hydrogen) atoms. The predicted octanol–water partition coefficient (Wildman–Crippen LogP) is 2.96. The molecule has 0 atom stereocenters. The third kappa shape index (κ3) is 2.88. The van der Waals surface area contributed by atoms with Gasteiger partial charge in [0.2, 0.25) is 0 Å². The van der Waals surface area contributed by atoms with Crippen LogP contribution in [-0.4, -0.2) is 16.2 Å². The highest BCUT2D eigenvalue weighted by atomic mass is 19.1. The van der Waals surface area contributed by atoms with Gasteiger partial charge in [-0.2, -0.15) is 0 Å². The van der Waals surface area contributed by atoms with E-state index in [-0.39, 0.29) is 16.9 Å². The number of carboxylic acids is 1. The van der Waals surface area contributed by atoms with Crippen LogP contribution in [0.25, 0.3) is 11.1 Å². The first-order valence-corrected chi connectivity index (χ1v) is 5.46. The Hall–Kier alpha value is -2.43. The Balaban J connectivity index is 2.45. The van der Waals surface area contributed by atoms with Crippen molar-refractivity contribution in [2.75, 3.05) is 0 Å². The van der Waals surface area contributed by atoms with Crippen LogP contribution < -0.4 is 0 Å². The molecule has 0 bridgehead atoms. The van der Waals surface area contributed by atoms with Crippen molar-refractivity contribution in [3.63, 3.8) is 0 Å².